The predicted octanol–water partition coefficient (Wildman–Crippen LogP) is -0.851. The Balaban J connectivity index is 2.01. The van der Waals surface area contributed by atoms with Gasteiger partial charge in [-0.05, 0) is 12.1 Å². The first-order chi connectivity index (χ1) is 12.1. The van der Waals surface area contributed by atoms with E-state index in [9.17, 15) is 22.9 Å². The lowest BCUT2D eigenvalue weighted by Gasteiger charge is -2.04. The summed E-state index contributed by atoms with van der Waals surface area (Å²) >= 11 is 0. The van der Waals surface area contributed by atoms with Crippen LogP contribution in [-0.2, 0) is 30.8 Å². The predicted molar refractivity (Wildman–Crippen MR) is 91.3 cm³/mol. The van der Waals surface area contributed by atoms with E-state index in [1.807, 2.05) is 0 Å². The molecule has 0 saturated carbocycles. The topological polar surface area (TPSA) is 142 Å². The Morgan fingerprint density at radius 2 is 1.73 bits per heavy atom. The zero-order valence-corrected chi connectivity index (χ0v) is 14.7. The van der Waals surface area contributed by atoms with Crippen molar-refractivity contribution in [3.05, 3.63) is 56.3 Å². The number of benzene rings is 1. The normalized spacial score (nSPS) is 11.8. The van der Waals surface area contributed by atoms with Crippen molar-refractivity contribution in [3.8, 4) is 0 Å². The summed E-state index contributed by atoms with van der Waals surface area (Å²) in [6.07, 6.45) is 1.29. The van der Waals surface area contributed by atoms with E-state index in [1.54, 1.807) is 0 Å². The number of hydrogen-bond donors (Lipinski definition) is 1. The summed E-state index contributed by atoms with van der Waals surface area (Å²) in [6, 6.07) is 5.04. The third-order valence-corrected chi connectivity index (χ3v) is 4.88. The lowest BCUT2D eigenvalue weighted by Crippen LogP contribution is -2.37. The molecule has 2 heterocycles. The van der Waals surface area contributed by atoms with Gasteiger partial charge < -0.3 is 0 Å². The largest absolute Gasteiger partial charge is 0.332 e. The number of nitrogens with zero attached hydrogens (tertiary/aromatic N) is 5. The van der Waals surface area contributed by atoms with E-state index >= 15 is 0 Å². The Morgan fingerprint density at radius 3 is 2.31 bits per heavy atom. The van der Waals surface area contributed by atoms with Crippen molar-refractivity contribution in [1.82, 2.24) is 18.7 Å². The second-order valence-corrected chi connectivity index (χ2v) is 7.21. The van der Waals surface area contributed by atoms with Gasteiger partial charge in [-0.1, -0.05) is 0 Å². The molecular weight excluding hydrogens is 364 g/mol. The second kappa shape index (κ2) is 6.00. The molecule has 0 saturated heterocycles. The van der Waals surface area contributed by atoms with Gasteiger partial charge in [-0.2, -0.15) is 0 Å². The van der Waals surface area contributed by atoms with Crippen LogP contribution in [0.1, 0.15) is 0 Å². The number of hydrogen-bond acceptors (Lipinski definition) is 6. The van der Waals surface area contributed by atoms with Gasteiger partial charge in [0.2, 0.25) is 10.0 Å². The number of imidazole rings is 1. The van der Waals surface area contributed by atoms with Crippen molar-refractivity contribution in [2.45, 2.75) is 11.6 Å². The molecule has 0 amide bonds. The molecule has 0 radical (unpaired) electrons. The van der Waals surface area contributed by atoms with Crippen molar-refractivity contribution < 1.29 is 13.2 Å². The zero-order chi connectivity index (χ0) is 19.2. The van der Waals surface area contributed by atoms with E-state index in [-0.39, 0.29) is 28.4 Å². The Morgan fingerprint density at radius 1 is 1.12 bits per heavy atom. The van der Waals surface area contributed by atoms with Crippen LogP contribution in [0.2, 0.25) is 0 Å². The molecule has 11 nitrogen and oxygen atoms in total. The molecule has 26 heavy (non-hydrogen) atoms. The van der Waals surface area contributed by atoms with Crippen LogP contribution in [0.5, 0.6) is 0 Å². The van der Waals surface area contributed by atoms with Gasteiger partial charge in [0.05, 0.1) is 9.66 Å². The average Bonchev–Trinajstić information content (AvgIpc) is 3.01. The smallest absolute Gasteiger partial charge is 0.279 e. The van der Waals surface area contributed by atoms with E-state index in [2.05, 4.69) is 4.98 Å². The Labute approximate surface area is 146 Å². The van der Waals surface area contributed by atoms with Gasteiger partial charge in [-0.15, -0.1) is 0 Å². The van der Waals surface area contributed by atoms with Crippen LogP contribution in [-0.4, -0.2) is 31.9 Å². The number of aryl methyl sites for hydroxylation is 1. The number of nitroso groups, excluding NO2 is 1. The summed E-state index contributed by atoms with van der Waals surface area (Å²) < 4.78 is 26.5. The molecule has 0 fully saturated rings. The maximum Gasteiger partial charge on any atom is 0.332 e. The molecule has 0 atom stereocenters. The lowest BCUT2D eigenvalue weighted by molar-refractivity contribution is -0.497. The van der Waals surface area contributed by atoms with E-state index in [0.717, 1.165) is 4.57 Å². The minimum absolute atomic E-state index is 0.108. The van der Waals surface area contributed by atoms with Crippen LogP contribution in [0.3, 0.4) is 0 Å². The van der Waals surface area contributed by atoms with E-state index in [1.165, 1.54) is 53.8 Å². The average molecular weight is 379 g/mol. The summed E-state index contributed by atoms with van der Waals surface area (Å²) in [6.45, 7) is -0.279. The summed E-state index contributed by atoms with van der Waals surface area (Å²) in [5.74, 6) is 0. The van der Waals surface area contributed by atoms with Gasteiger partial charge in [0.25, 0.3) is 17.9 Å². The van der Waals surface area contributed by atoms with Crippen LogP contribution in [0.4, 0.5) is 5.69 Å². The Bertz CT molecular complexity index is 1250. The molecule has 0 aliphatic carbocycles. The summed E-state index contributed by atoms with van der Waals surface area (Å²) in [4.78, 5) is 40.5. The van der Waals surface area contributed by atoms with Crippen molar-refractivity contribution in [2.75, 3.05) is 0 Å². The summed E-state index contributed by atoms with van der Waals surface area (Å²) in [5.41, 5.74) is -0.655. The van der Waals surface area contributed by atoms with E-state index in [0.29, 0.717) is 4.76 Å². The van der Waals surface area contributed by atoms with Crippen molar-refractivity contribution >= 4 is 26.9 Å². The number of fused-ring (bicyclic) bond motifs is 1. The van der Waals surface area contributed by atoms with Gasteiger partial charge in [-0.25, -0.2) is 23.3 Å². The minimum atomic E-state index is -3.86. The SMILES string of the molecule is Cn1c(=O)c2c(ncn2C[N+](=O)c2ccc(S(N)(=O)=O)cc2)n(C)c1=O. The number of sulfonamides is 1. The highest BCUT2D eigenvalue weighted by molar-refractivity contribution is 7.89. The van der Waals surface area contributed by atoms with Gasteiger partial charge in [0, 0.05) is 31.1 Å². The minimum Gasteiger partial charge on any atom is -0.279 e. The quantitative estimate of drug-likeness (QED) is 0.585. The Kier molecular flexibility index (Phi) is 4.08. The summed E-state index contributed by atoms with van der Waals surface area (Å²) in [7, 11) is -1.05. The van der Waals surface area contributed by atoms with Gasteiger partial charge >= 0.3 is 5.69 Å². The third kappa shape index (κ3) is 2.84. The molecule has 0 aliphatic rings. The second-order valence-electron chi connectivity index (χ2n) is 5.65. The summed E-state index contributed by atoms with van der Waals surface area (Å²) in [5, 5.41) is 5.02. The first-order valence-corrected chi connectivity index (χ1v) is 8.84. The molecule has 12 heteroatoms. The van der Waals surface area contributed by atoms with E-state index < -0.39 is 21.3 Å². The maximum atomic E-state index is 12.4. The van der Waals surface area contributed by atoms with E-state index in [4.69, 9.17) is 5.14 Å². The van der Waals surface area contributed by atoms with Crippen molar-refractivity contribution in [3.63, 3.8) is 0 Å². The molecule has 136 valence electrons. The monoisotopic (exact) mass is 379 g/mol. The molecule has 0 aliphatic heterocycles. The van der Waals surface area contributed by atoms with Crippen LogP contribution in [0.25, 0.3) is 11.2 Å². The molecule has 0 bridgehead atoms. The highest BCUT2D eigenvalue weighted by atomic mass is 32.2. The first kappa shape index (κ1) is 17.7. The number of primary sulfonamides is 1. The lowest BCUT2D eigenvalue weighted by atomic mass is 10.3. The van der Waals surface area contributed by atoms with Crippen LogP contribution in [0, 0.1) is 4.91 Å². The van der Waals surface area contributed by atoms with Crippen molar-refractivity contribution in [2.24, 2.45) is 19.2 Å². The standard InChI is InChI=1S/C14H15N6O5S/c1-17-12-11(13(21)18(2)14(17)22)19(7-16-12)8-20(23)9-3-5-10(6-4-9)26(15,24)25/h3-7H,8H2,1-2H3,(H2,15,24,25)/q+1. The third-order valence-electron chi connectivity index (χ3n) is 3.95. The highest BCUT2D eigenvalue weighted by Gasteiger charge is 2.21. The molecule has 0 unspecified atom stereocenters. The van der Waals surface area contributed by atoms with Crippen LogP contribution < -0.4 is 16.4 Å². The van der Waals surface area contributed by atoms with Crippen LogP contribution in [0.15, 0.2) is 45.1 Å². The van der Waals surface area contributed by atoms with Gasteiger partial charge in [-0.3, -0.25) is 18.5 Å². The zero-order valence-electron chi connectivity index (χ0n) is 13.9. The number of aromatic nitrogens is 4. The maximum absolute atomic E-state index is 12.4. The van der Waals surface area contributed by atoms with Crippen LogP contribution >= 0.6 is 0 Å². The highest BCUT2D eigenvalue weighted by Crippen LogP contribution is 2.16. The fourth-order valence-corrected chi connectivity index (χ4v) is 3.04. The molecule has 3 rings (SSSR count). The van der Waals surface area contributed by atoms with Gasteiger partial charge in [0.1, 0.15) is 6.33 Å². The molecule has 1 aromatic carbocycles. The van der Waals surface area contributed by atoms with Gasteiger partial charge in [0.15, 0.2) is 11.2 Å². The fraction of sp³-hybridized carbons (Fsp3) is 0.214. The first-order valence-electron chi connectivity index (χ1n) is 7.29. The molecule has 3 aromatic rings. The number of rotatable bonds is 4. The molecule has 2 N–H and O–H groups in total. The fourth-order valence-electron chi connectivity index (χ4n) is 2.53. The molecular formula is C14H15N6O5S+. The Hall–Kier alpha value is -3.12. The molecule has 2 aromatic heterocycles. The number of nitrogens with two attached hydrogens (primary N) is 1. The van der Waals surface area contributed by atoms with Crippen molar-refractivity contribution in [1.29, 1.82) is 0 Å². The molecule has 0 spiro atoms.